The van der Waals surface area contributed by atoms with Gasteiger partial charge in [0, 0.05) is 30.6 Å². The number of aromatic nitrogens is 3. The predicted octanol–water partition coefficient (Wildman–Crippen LogP) is 7.01. The number of carbonyl (C=O) groups is 1. The third kappa shape index (κ3) is 7.22. The Morgan fingerprint density at radius 3 is 2.42 bits per heavy atom. The summed E-state index contributed by atoms with van der Waals surface area (Å²) in [6.07, 6.45) is 0.343. The lowest BCUT2D eigenvalue weighted by Gasteiger charge is -2.14. The Morgan fingerprint density at radius 1 is 0.900 bits per heavy atom. The van der Waals surface area contributed by atoms with E-state index in [1.165, 1.54) is 0 Å². The molecule has 2 heterocycles. The first kappa shape index (κ1) is 28.7. The van der Waals surface area contributed by atoms with Crippen LogP contribution in [0.4, 0.5) is 0 Å². The number of fused-ring (bicyclic) bond motifs is 1. The van der Waals surface area contributed by atoms with E-state index in [1.807, 2.05) is 66.2 Å². The highest BCUT2D eigenvalue weighted by atomic mass is 35.5. The molecule has 0 unspecified atom stereocenters. The number of ether oxygens (including phenoxy) is 3. The van der Waals surface area contributed by atoms with Gasteiger partial charge < -0.3 is 23.9 Å². The zero-order valence-corrected chi connectivity index (χ0v) is 23.2. The topological polar surface area (TPSA) is 95.7 Å². The first-order valence-corrected chi connectivity index (χ1v) is 12.7. The van der Waals surface area contributed by atoms with Crippen LogP contribution in [0.1, 0.15) is 23.4 Å². The second kappa shape index (κ2) is 13.2. The van der Waals surface area contributed by atoms with Gasteiger partial charge in [-0.1, -0.05) is 48.0 Å². The van der Waals surface area contributed by atoms with Crippen molar-refractivity contribution < 1.29 is 24.1 Å². The molecule has 0 atom stereocenters. The second-order valence-electron chi connectivity index (χ2n) is 8.86. The maximum absolute atomic E-state index is 11.1. The summed E-state index contributed by atoms with van der Waals surface area (Å²) in [5.41, 5.74) is 3.14. The average Bonchev–Trinajstić information content (AvgIpc) is 3.26. The quantitative estimate of drug-likeness (QED) is 0.180. The molecule has 0 saturated heterocycles. The van der Waals surface area contributed by atoms with E-state index in [-0.39, 0.29) is 25.4 Å². The summed E-state index contributed by atoms with van der Waals surface area (Å²) in [6.45, 7) is 0.511. The van der Waals surface area contributed by atoms with Crippen LogP contribution in [0.2, 0.25) is 5.02 Å². The number of carboxylic acids is 1. The van der Waals surface area contributed by atoms with Crippen molar-refractivity contribution in [2.75, 3.05) is 0 Å². The third-order valence-corrected chi connectivity index (χ3v) is 6.32. The average molecular weight is 580 g/mol. The van der Waals surface area contributed by atoms with Crippen LogP contribution < -0.4 is 14.2 Å². The van der Waals surface area contributed by atoms with Crippen LogP contribution in [0.5, 0.6) is 23.1 Å². The van der Waals surface area contributed by atoms with Crippen molar-refractivity contribution in [2.24, 2.45) is 7.05 Å². The van der Waals surface area contributed by atoms with E-state index in [9.17, 15) is 4.79 Å². The third-order valence-electron chi connectivity index (χ3n) is 6.07. The van der Waals surface area contributed by atoms with Crippen molar-refractivity contribution in [3.05, 3.63) is 107 Å². The van der Waals surface area contributed by atoms with E-state index in [0.29, 0.717) is 52.7 Å². The molecule has 0 saturated carbocycles. The number of aryl methyl sites for hydroxylation is 2. The van der Waals surface area contributed by atoms with Gasteiger partial charge in [-0.3, -0.25) is 4.79 Å². The molecule has 8 nitrogen and oxygen atoms in total. The van der Waals surface area contributed by atoms with Gasteiger partial charge >= 0.3 is 5.97 Å². The number of carboxylic acid groups (broad SMARTS) is 1. The molecule has 0 aliphatic heterocycles. The lowest BCUT2D eigenvalue weighted by molar-refractivity contribution is -0.136. The number of benzene rings is 3. The molecule has 0 radical (unpaired) electrons. The fraction of sp³-hybridized carbons (Fsp3) is 0.167. The normalized spacial score (nSPS) is 10.7. The minimum Gasteiger partial charge on any atom is -0.488 e. The Hall–Kier alpha value is -4.27. The highest BCUT2D eigenvalue weighted by Crippen LogP contribution is 2.28. The Kier molecular flexibility index (Phi) is 9.47. The van der Waals surface area contributed by atoms with Gasteiger partial charge in [-0.2, -0.15) is 4.98 Å². The van der Waals surface area contributed by atoms with E-state index in [4.69, 9.17) is 30.9 Å². The molecular formula is C30H27Cl2N3O5. The summed E-state index contributed by atoms with van der Waals surface area (Å²) < 4.78 is 19.8. The highest BCUT2D eigenvalue weighted by molar-refractivity contribution is 6.30. The Morgan fingerprint density at radius 2 is 1.68 bits per heavy atom. The number of aliphatic carboxylic acids is 1. The SMILES string of the molecule is Cl.Cn1c(COc2ccc(CCC(=O)O)c(OCc3ccc(Cl)cc3)c2)nc2ccc(Oc3ccccc3)nc21. The van der Waals surface area contributed by atoms with Gasteiger partial charge in [-0.25, -0.2) is 4.98 Å². The minimum absolute atomic E-state index is 0. The molecule has 10 heteroatoms. The minimum atomic E-state index is -0.869. The summed E-state index contributed by atoms with van der Waals surface area (Å²) in [5.74, 6) is 2.14. The lowest BCUT2D eigenvalue weighted by Crippen LogP contribution is -2.05. The number of pyridine rings is 1. The van der Waals surface area contributed by atoms with Gasteiger partial charge in [0.25, 0.3) is 0 Å². The molecule has 1 N–H and O–H groups in total. The van der Waals surface area contributed by atoms with Crippen LogP contribution in [0, 0.1) is 0 Å². The van der Waals surface area contributed by atoms with Gasteiger partial charge in [0.2, 0.25) is 5.88 Å². The van der Waals surface area contributed by atoms with Gasteiger partial charge in [0.1, 0.15) is 41.8 Å². The molecule has 5 rings (SSSR count). The zero-order chi connectivity index (χ0) is 27.2. The Bertz CT molecular complexity index is 1590. The largest absolute Gasteiger partial charge is 0.488 e. The fourth-order valence-electron chi connectivity index (χ4n) is 3.99. The van der Waals surface area contributed by atoms with Gasteiger partial charge in [0.15, 0.2) is 5.65 Å². The molecule has 0 amide bonds. The van der Waals surface area contributed by atoms with Crippen LogP contribution in [0.15, 0.2) is 84.9 Å². The molecule has 0 fully saturated rings. The molecule has 5 aromatic rings. The molecule has 206 valence electrons. The van der Waals surface area contributed by atoms with Crippen molar-refractivity contribution in [2.45, 2.75) is 26.1 Å². The molecule has 3 aromatic carbocycles. The van der Waals surface area contributed by atoms with E-state index in [0.717, 1.165) is 16.6 Å². The van der Waals surface area contributed by atoms with Crippen LogP contribution >= 0.6 is 24.0 Å². The lowest BCUT2D eigenvalue weighted by atomic mass is 10.1. The monoisotopic (exact) mass is 579 g/mol. The summed E-state index contributed by atoms with van der Waals surface area (Å²) in [6, 6.07) is 25.9. The smallest absolute Gasteiger partial charge is 0.303 e. The molecule has 2 aromatic heterocycles. The number of halogens is 2. The Balaban J connectivity index is 0.00000370. The number of nitrogens with zero attached hydrogens (tertiary/aromatic N) is 3. The molecule has 0 aliphatic carbocycles. The van der Waals surface area contributed by atoms with Crippen LogP contribution in [0.3, 0.4) is 0 Å². The van der Waals surface area contributed by atoms with Gasteiger partial charge in [0.05, 0.1) is 0 Å². The van der Waals surface area contributed by atoms with Gasteiger partial charge in [-0.15, -0.1) is 12.4 Å². The number of para-hydroxylation sites is 1. The molecule has 0 bridgehead atoms. The van der Waals surface area contributed by atoms with Crippen LogP contribution in [-0.4, -0.2) is 25.6 Å². The summed E-state index contributed by atoms with van der Waals surface area (Å²) in [5, 5.41) is 9.79. The number of rotatable bonds is 11. The fourth-order valence-corrected chi connectivity index (χ4v) is 4.11. The number of imidazole rings is 1. The van der Waals surface area contributed by atoms with Crippen molar-refractivity contribution in [1.29, 1.82) is 0 Å². The summed E-state index contributed by atoms with van der Waals surface area (Å²) in [7, 11) is 1.88. The predicted molar refractivity (Wildman–Crippen MR) is 155 cm³/mol. The van der Waals surface area contributed by atoms with E-state index in [1.54, 1.807) is 30.3 Å². The first-order chi connectivity index (χ1) is 18.9. The van der Waals surface area contributed by atoms with Crippen molar-refractivity contribution in [3.8, 4) is 23.1 Å². The van der Waals surface area contributed by atoms with E-state index >= 15 is 0 Å². The zero-order valence-electron chi connectivity index (χ0n) is 21.6. The second-order valence-corrected chi connectivity index (χ2v) is 9.30. The van der Waals surface area contributed by atoms with E-state index in [2.05, 4.69) is 9.97 Å². The summed E-state index contributed by atoms with van der Waals surface area (Å²) >= 11 is 5.98. The van der Waals surface area contributed by atoms with Crippen molar-refractivity contribution >= 4 is 41.1 Å². The van der Waals surface area contributed by atoms with Crippen LogP contribution in [0.25, 0.3) is 11.2 Å². The molecule has 0 aliphatic rings. The molecule has 40 heavy (non-hydrogen) atoms. The number of hydrogen-bond acceptors (Lipinski definition) is 6. The molecule has 0 spiro atoms. The van der Waals surface area contributed by atoms with Gasteiger partial charge in [-0.05, 0) is 53.9 Å². The van der Waals surface area contributed by atoms with Crippen molar-refractivity contribution in [3.63, 3.8) is 0 Å². The molecular weight excluding hydrogens is 553 g/mol. The summed E-state index contributed by atoms with van der Waals surface area (Å²) in [4.78, 5) is 20.4. The van der Waals surface area contributed by atoms with Crippen molar-refractivity contribution in [1.82, 2.24) is 14.5 Å². The van der Waals surface area contributed by atoms with Crippen LogP contribution in [-0.2, 0) is 31.5 Å². The Labute approximate surface area is 242 Å². The number of hydrogen-bond donors (Lipinski definition) is 1. The maximum Gasteiger partial charge on any atom is 0.303 e. The maximum atomic E-state index is 11.1. The van der Waals surface area contributed by atoms with E-state index < -0.39 is 5.97 Å². The standard InChI is InChI=1S/C30H26ClN3O5.ClH/c1-34-27(32-25-14-15-28(33-30(25)34)39-23-5-3-2-4-6-23)19-37-24-13-9-21(10-16-29(35)36)26(17-24)38-18-20-7-11-22(31)12-8-20;/h2-9,11-15,17H,10,16,18-19H2,1H3,(H,35,36);1H. The first-order valence-electron chi connectivity index (χ1n) is 12.3. The highest BCUT2D eigenvalue weighted by Gasteiger charge is 2.13.